The third-order valence-corrected chi connectivity index (χ3v) is 3.05. The van der Waals surface area contributed by atoms with Crippen molar-refractivity contribution < 1.29 is 6.16 Å². The summed E-state index contributed by atoms with van der Waals surface area (Å²) in [5, 5.41) is 3.37. The molecule has 0 aliphatic rings. The lowest BCUT2D eigenvalue weighted by Crippen LogP contribution is -2.24. The van der Waals surface area contributed by atoms with Crippen molar-refractivity contribution in [2.45, 2.75) is 46.7 Å². The second-order valence-corrected chi connectivity index (χ2v) is 6.41. The number of nitrogens with one attached hydrogen (secondary N) is 1. The van der Waals surface area contributed by atoms with Crippen LogP contribution in [0, 0.1) is 5.92 Å². The van der Waals surface area contributed by atoms with Gasteiger partial charge in [-0.3, -0.25) is 0 Å². The van der Waals surface area contributed by atoms with Crippen molar-refractivity contribution in [2.24, 2.45) is 5.92 Å². The van der Waals surface area contributed by atoms with Crippen LogP contribution < -0.4 is 10.1 Å². The van der Waals surface area contributed by atoms with Gasteiger partial charge in [-0.15, -0.1) is 0 Å². The predicted molar refractivity (Wildman–Crippen MR) is 90.8 cm³/mol. The van der Waals surface area contributed by atoms with Crippen LogP contribution in [0.5, 0.6) is 5.88 Å². The summed E-state index contributed by atoms with van der Waals surface area (Å²) in [6, 6.07) is 4.60. The average molecular weight is 295 g/mol. The normalized spacial score (nSPS) is 11.6. The number of aromatic nitrogens is 1. The molecule has 0 atom stereocenters. The Kier molecular flexibility index (Phi) is 8.31. The van der Waals surface area contributed by atoms with E-state index in [1.54, 1.807) is 0 Å². The number of nitrogens with zero attached hydrogens (tertiary/aromatic N) is 2. The summed E-state index contributed by atoms with van der Waals surface area (Å²) < 4.78 is 5.65. The maximum absolute atomic E-state index is 5.65. The van der Waals surface area contributed by atoms with Gasteiger partial charge in [0.2, 0.25) is 5.88 Å². The van der Waals surface area contributed by atoms with Gasteiger partial charge in [0.1, 0.15) is 0 Å². The molecule has 0 unspecified atom stereocenters. The quantitative estimate of drug-likeness (QED) is 0.673. The average Bonchev–Trinajstić information content (AvgIpc) is 2.39. The van der Waals surface area contributed by atoms with Gasteiger partial charge < -0.3 is 15.0 Å². The molecule has 0 saturated heterocycles. The van der Waals surface area contributed by atoms with Gasteiger partial charge >= 0.3 is 0 Å². The highest BCUT2D eigenvalue weighted by Gasteiger charge is 2.04. The zero-order chi connectivity index (χ0) is 15.7. The van der Waals surface area contributed by atoms with Gasteiger partial charge in [0, 0.05) is 32.8 Å². The van der Waals surface area contributed by atoms with E-state index in [1.165, 1.54) is 5.56 Å². The molecule has 1 aromatic heterocycles. The van der Waals surface area contributed by atoms with E-state index in [4.69, 9.17) is 4.74 Å². The lowest BCUT2D eigenvalue weighted by atomic mass is 10.2. The van der Waals surface area contributed by atoms with Crippen molar-refractivity contribution in [3.63, 3.8) is 0 Å². The van der Waals surface area contributed by atoms with Crippen molar-refractivity contribution >= 4 is 0 Å². The molecule has 4 heteroatoms. The van der Waals surface area contributed by atoms with E-state index in [1.807, 2.05) is 12.3 Å². The second kappa shape index (κ2) is 9.74. The highest BCUT2D eigenvalue weighted by molar-refractivity contribution is 5.17. The minimum Gasteiger partial charge on any atom is -0.478 e. The van der Waals surface area contributed by atoms with Gasteiger partial charge in [0.05, 0.1) is 6.61 Å². The Morgan fingerprint density at radius 3 is 2.62 bits per heavy atom. The van der Waals surface area contributed by atoms with Gasteiger partial charge in [0.15, 0.2) is 0 Å². The summed E-state index contributed by atoms with van der Waals surface area (Å²) in [4.78, 5) is 6.69. The van der Waals surface area contributed by atoms with Crippen LogP contribution in [-0.4, -0.2) is 42.7 Å². The molecule has 0 bridgehead atoms. The van der Waals surface area contributed by atoms with Crippen molar-refractivity contribution in [2.75, 3.05) is 26.7 Å². The molecule has 1 heterocycles. The molecule has 0 fully saturated rings. The van der Waals surface area contributed by atoms with E-state index in [9.17, 15) is 0 Å². The maximum atomic E-state index is 5.65. The number of hydrogen-bond donors (Lipinski definition) is 1. The van der Waals surface area contributed by atoms with Crippen LogP contribution in [0.3, 0.4) is 0 Å². The van der Waals surface area contributed by atoms with Crippen LogP contribution in [0.2, 0.25) is 0 Å². The fourth-order valence-electron chi connectivity index (χ4n) is 2.23. The predicted octanol–water partition coefficient (Wildman–Crippen LogP) is 3.18. The Morgan fingerprint density at radius 1 is 1.29 bits per heavy atom. The SMILES string of the molecule is CC(C)CN(C)Cc1ccc(OCCCNC(C)C)nc1.[HH]. The molecule has 0 spiro atoms. The molecule has 1 rings (SSSR count). The standard InChI is InChI=1S/C17H31N3O.H2/c1-14(2)12-20(5)13-16-7-8-17(19-11-16)21-10-6-9-18-15(3)4;/h7-8,11,14-15,18H,6,9-10,12-13H2,1-5H3;1H. The van der Waals surface area contributed by atoms with Crippen LogP contribution >= 0.6 is 0 Å². The summed E-state index contributed by atoms with van der Waals surface area (Å²) in [6.07, 6.45) is 2.91. The van der Waals surface area contributed by atoms with Crippen LogP contribution in [-0.2, 0) is 6.54 Å². The third-order valence-electron chi connectivity index (χ3n) is 3.05. The lowest BCUT2D eigenvalue weighted by Gasteiger charge is -2.18. The summed E-state index contributed by atoms with van der Waals surface area (Å²) in [7, 11) is 2.14. The summed E-state index contributed by atoms with van der Waals surface area (Å²) >= 11 is 0. The van der Waals surface area contributed by atoms with Crippen molar-refractivity contribution in [3.8, 4) is 5.88 Å². The smallest absolute Gasteiger partial charge is 0.213 e. The van der Waals surface area contributed by atoms with E-state index < -0.39 is 0 Å². The molecule has 1 N–H and O–H groups in total. The van der Waals surface area contributed by atoms with E-state index in [0.717, 1.165) is 31.9 Å². The van der Waals surface area contributed by atoms with E-state index >= 15 is 0 Å². The molecular formula is C17H33N3O. The largest absolute Gasteiger partial charge is 0.478 e. The first kappa shape index (κ1) is 17.9. The first-order valence-corrected chi connectivity index (χ1v) is 7.97. The third kappa shape index (κ3) is 8.68. The highest BCUT2D eigenvalue weighted by Crippen LogP contribution is 2.10. The van der Waals surface area contributed by atoms with Crippen molar-refractivity contribution in [1.29, 1.82) is 0 Å². The number of rotatable bonds is 10. The molecule has 1 aromatic rings. The molecule has 0 saturated carbocycles. The lowest BCUT2D eigenvalue weighted by molar-refractivity contribution is 0.284. The Bertz CT molecular complexity index is 382. The van der Waals surface area contributed by atoms with E-state index in [2.05, 4.69) is 56.0 Å². The van der Waals surface area contributed by atoms with Crippen LogP contribution in [0.15, 0.2) is 18.3 Å². The second-order valence-electron chi connectivity index (χ2n) is 6.41. The van der Waals surface area contributed by atoms with Gasteiger partial charge in [-0.2, -0.15) is 0 Å². The van der Waals surface area contributed by atoms with Crippen LogP contribution in [0.4, 0.5) is 0 Å². The summed E-state index contributed by atoms with van der Waals surface area (Å²) in [5.41, 5.74) is 1.23. The van der Waals surface area contributed by atoms with E-state index in [-0.39, 0.29) is 1.43 Å². The minimum atomic E-state index is 0. The van der Waals surface area contributed by atoms with Gasteiger partial charge in [-0.1, -0.05) is 33.8 Å². The fourth-order valence-corrected chi connectivity index (χ4v) is 2.23. The Balaban J connectivity index is 0.00000441. The minimum absolute atomic E-state index is 0. The van der Waals surface area contributed by atoms with Crippen LogP contribution in [0.25, 0.3) is 0 Å². The zero-order valence-electron chi connectivity index (χ0n) is 14.2. The Hall–Kier alpha value is -1.13. The molecule has 4 nitrogen and oxygen atoms in total. The number of hydrogen-bond acceptors (Lipinski definition) is 4. The Labute approximate surface area is 131 Å². The molecular weight excluding hydrogens is 262 g/mol. The van der Waals surface area contributed by atoms with Gasteiger partial charge in [0.25, 0.3) is 0 Å². The highest BCUT2D eigenvalue weighted by atomic mass is 16.5. The van der Waals surface area contributed by atoms with Gasteiger partial charge in [-0.05, 0) is 31.5 Å². The van der Waals surface area contributed by atoms with Crippen LogP contribution in [0.1, 0.15) is 41.1 Å². The molecule has 0 amide bonds. The molecule has 0 aromatic carbocycles. The van der Waals surface area contributed by atoms with Crippen molar-refractivity contribution in [3.05, 3.63) is 23.9 Å². The fraction of sp³-hybridized carbons (Fsp3) is 0.706. The molecule has 0 aliphatic heterocycles. The molecule has 0 aliphatic carbocycles. The molecule has 21 heavy (non-hydrogen) atoms. The van der Waals surface area contributed by atoms with Crippen molar-refractivity contribution in [1.82, 2.24) is 15.2 Å². The first-order valence-electron chi connectivity index (χ1n) is 7.97. The maximum Gasteiger partial charge on any atom is 0.213 e. The monoisotopic (exact) mass is 295 g/mol. The molecule has 122 valence electrons. The zero-order valence-corrected chi connectivity index (χ0v) is 14.2. The Morgan fingerprint density at radius 2 is 2.05 bits per heavy atom. The topological polar surface area (TPSA) is 37.4 Å². The summed E-state index contributed by atoms with van der Waals surface area (Å²) in [6.45, 7) is 12.5. The number of ether oxygens (including phenoxy) is 1. The van der Waals surface area contributed by atoms with E-state index in [0.29, 0.717) is 18.6 Å². The number of pyridine rings is 1. The molecule has 0 radical (unpaired) electrons. The summed E-state index contributed by atoms with van der Waals surface area (Å²) in [5.74, 6) is 1.40. The first-order chi connectivity index (χ1) is 9.97. The van der Waals surface area contributed by atoms with Gasteiger partial charge in [-0.25, -0.2) is 4.98 Å².